The standard InChI is InChI=1S/C6H8N4O/c7-6(8)5-2-1-4(10-11)3-9-5/h1-3,10-11H,(H3,7,8). The van der Waals surface area contributed by atoms with E-state index in [1.807, 2.05) is 5.48 Å². The minimum absolute atomic E-state index is 0.0884. The van der Waals surface area contributed by atoms with Crippen LogP contribution in [0.5, 0.6) is 0 Å². The van der Waals surface area contributed by atoms with Crippen LogP contribution in [0.1, 0.15) is 5.69 Å². The molecule has 0 amide bonds. The minimum atomic E-state index is -0.0884. The number of nitrogens with one attached hydrogen (secondary N) is 2. The molecule has 0 atom stereocenters. The first-order valence-corrected chi connectivity index (χ1v) is 2.94. The molecule has 5 N–H and O–H groups in total. The molecule has 0 fully saturated rings. The van der Waals surface area contributed by atoms with Crippen molar-refractivity contribution in [3.63, 3.8) is 0 Å². The van der Waals surface area contributed by atoms with E-state index in [0.717, 1.165) is 0 Å². The molecule has 0 saturated carbocycles. The van der Waals surface area contributed by atoms with Gasteiger partial charge in [0.2, 0.25) is 0 Å². The highest BCUT2D eigenvalue weighted by Crippen LogP contribution is 2.03. The van der Waals surface area contributed by atoms with Crippen molar-refractivity contribution in [2.24, 2.45) is 5.73 Å². The predicted octanol–water partition coefficient (Wildman–Crippen LogP) is 0.167. The van der Waals surface area contributed by atoms with E-state index in [1.165, 1.54) is 6.20 Å². The van der Waals surface area contributed by atoms with E-state index in [2.05, 4.69) is 4.98 Å². The number of aromatic nitrogens is 1. The number of anilines is 1. The number of hydrogen-bond donors (Lipinski definition) is 4. The molecule has 58 valence electrons. The van der Waals surface area contributed by atoms with Crippen molar-refractivity contribution in [2.45, 2.75) is 0 Å². The summed E-state index contributed by atoms with van der Waals surface area (Å²) in [5.41, 5.74) is 7.92. The van der Waals surface area contributed by atoms with Gasteiger partial charge in [-0.3, -0.25) is 21.1 Å². The second kappa shape index (κ2) is 2.98. The van der Waals surface area contributed by atoms with Gasteiger partial charge in [-0.1, -0.05) is 0 Å². The molecule has 5 nitrogen and oxygen atoms in total. The third-order valence-corrected chi connectivity index (χ3v) is 1.17. The van der Waals surface area contributed by atoms with Crippen molar-refractivity contribution in [2.75, 3.05) is 5.48 Å². The van der Waals surface area contributed by atoms with Crippen molar-refractivity contribution in [1.29, 1.82) is 5.41 Å². The van der Waals surface area contributed by atoms with Crippen LogP contribution in [0.2, 0.25) is 0 Å². The quantitative estimate of drug-likeness (QED) is 0.276. The van der Waals surface area contributed by atoms with Gasteiger partial charge >= 0.3 is 0 Å². The summed E-state index contributed by atoms with van der Waals surface area (Å²) < 4.78 is 0. The fourth-order valence-corrected chi connectivity index (χ4v) is 0.619. The number of nitrogens with two attached hydrogens (primary N) is 1. The van der Waals surface area contributed by atoms with Crippen LogP contribution in [-0.4, -0.2) is 16.0 Å². The van der Waals surface area contributed by atoms with Crippen molar-refractivity contribution in [3.8, 4) is 0 Å². The topological polar surface area (TPSA) is 95.0 Å². The normalized spacial score (nSPS) is 9.18. The average molecular weight is 152 g/mol. The van der Waals surface area contributed by atoms with Crippen LogP contribution in [0.3, 0.4) is 0 Å². The second-order valence-electron chi connectivity index (χ2n) is 1.96. The molecule has 0 bridgehead atoms. The Morgan fingerprint density at radius 3 is 2.73 bits per heavy atom. The van der Waals surface area contributed by atoms with Crippen LogP contribution >= 0.6 is 0 Å². The van der Waals surface area contributed by atoms with Gasteiger partial charge in [-0.2, -0.15) is 0 Å². The molecule has 1 heterocycles. The van der Waals surface area contributed by atoms with E-state index in [0.29, 0.717) is 11.4 Å². The lowest BCUT2D eigenvalue weighted by Gasteiger charge is -1.98. The summed E-state index contributed by atoms with van der Waals surface area (Å²) in [4.78, 5) is 3.78. The van der Waals surface area contributed by atoms with Crippen molar-refractivity contribution in [1.82, 2.24) is 4.98 Å². The Kier molecular flexibility index (Phi) is 2.03. The summed E-state index contributed by atoms with van der Waals surface area (Å²) in [5.74, 6) is -0.0884. The first kappa shape index (κ1) is 7.49. The maximum absolute atomic E-state index is 8.39. The Morgan fingerprint density at radius 2 is 2.36 bits per heavy atom. The van der Waals surface area contributed by atoms with Crippen LogP contribution in [0.15, 0.2) is 18.3 Å². The Balaban J connectivity index is 2.91. The smallest absolute Gasteiger partial charge is 0.141 e. The van der Waals surface area contributed by atoms with Crippen LogP contribution in [0, 0.1) is 5.41 Å². The molecule has 0 aliphatic heterocycles. The van der Waals surface area contributed by atoms with Gasteiger partial charge in [0.1, 0.15) is 11.5 Å². The van der Waals surface area contributed by atoms with E-state index >= 15 is 0 Å². The molecular weight excluding hydrogens is 144 g/mol. The Hall–Kier alpha value is -1.62. The zero-order valence-corrected chi connectivity index (χ0v) is 5.70. The Bertz CT molecular complexity index is 256. The molecule has 1 aromatic heterocycles. The summed E-state index contributed by atoms with van der Waals surface area (Å²) in [6.45, 7) is 0. The van der Waals surface area contributed by atoms with Gasteiger partial charge in [0, 0.05) is 0 Å². The van der Waals surface area contributed by atoms with E-state index in [4.69, 9.17) is 16.4 Å². The first-order chi connectivity index (χ1) is 5.24. The fraction of sp³-hybridized carbons (Fsp3) is 0. The summed E-state index contributed by atoms with van der Waals surface area (Å²) >= 11 is 0. The molecule has 1 rings (SSSR count). The number of nitrogen functional groups attached to an aromatic ring is 1. The van der Waals surface area contributed by atoms with Gasteiger partial charge in [0.05, 0.1) is 11.9 Å². The lowest BCUT2D eigenvalue weighted by molar-refractivity contribution is 0.388. The molecular formula is C6H8N4O. The summed E-state index contributed by atoms with van der Waals surface area (Å²) in [6.07, 6.45) is 1.39. The molecule has 5 heteroatoms. The number of nitrogens with zero attached hydrogens (tertiary/aromatic N) is 1. The lowest BCUT2D eigenvalue weighted by Crippen LogP contribution is -2.12. The monoisotopic (exact) mass is 152 g/mol. The van der Waals surface area contributed by atoms with Crippen LogP contribution in [0.4, 0.5) is 5.69 Å². The van der Waals surface area contributed by atoms with E-state index in [9.17, 15) is 0 Å². The third-order valence-electron chi connectivity index (χ3n) is 1.17. The first-order valence-electron chi connectivity index (χ1n) is 2.94. The average Bonchev–Trinajstić information content (AvgIpc) is 2.05. The highest BCUT2D eigenvalue weighted by atomic mass is 16.5. The fourth-order valence-electron chi connectivity index (χ4n) is 0.619. The Morgan fingerprint density at radius 1 is 1.64 bits per heavy atom. The predicted molar refractivity (Wildman–Crippen MR) is 40.7 cm³/mol. The molecule has 11 heavy (non-hydrogen) atoms. The van der Waals surface area contributed by atoms with Gasteiger partial charge in [-0.15, -0.1) is 0 Å². The summed E-state index contributed by atoms with van der Waals surface area (Å²) in [5, 5.41) is 15.4. The van der Waals surface area contributed by atoms with Crippen molar-refractivity contribution < 1.29 is 5.21 Å². The lowest BCUT2D eigenvalue weighted by atomic mass is 10.3. The zero-order chi connectivity index (χ0) is 8.27. The number of pyridine rings is 1. The van der Waals surface area contributed by atoms with Gasteiger partial charge < -0.3 is 5.73 Å². The highest BCUT2D eigenvalue weighted by Gasteiger charge is 1.96. The minimum Gasteiger partial charge on any atom is -0.382 e. The maximum atomic E-state index is 8.39. The number of amidine groups is 1. The highest BCUT2D eigenvalue weighted by molar-refractivity contribution is 5.93. The van der Waals surface area contributed by atoms with E-state index in [1.54, 1.807) is 12.1 Å². The Labute approximate surface area is 63.3 Å². The molecule has 0 unspecified atom stereocenters. The van der Waals surface area contributed by atoms with Crippen LogP contribution in [0.25, 0.3) is 0 Å². The number of hydrogen-bond acceptors (Lipinski definition) is 4. The molecule has 0 aromatic carbocycles. The van der Waals surface area contributed by atoms with E-state index < -0.39 is 0 Å². The van der Waals surface area contributed by atoms with Crippen LogP contribution in [-0.2, 0) is 0 Å². The zero-order valence-electron chi connectivity index (χ0n) is 5.70. The SMILES string of the molecule is N=C(N)c1ccc(NO)cn1. The molecule has 0 radical (unpaired) electrons. The largest absolute Gasteiger partial charge is 0.382 e. The van der Waals surface area contributed by atoms with Gasteiger partial charge in [0.25, 0.3) is 0 Å². The molecule has 0 saturated heterocycles. The van der Waals surface area contributed by atoms with Gasteiger partial charge in [0.15, 0.2) is 0 Å². The summed E-state index contributed by atoms with van der Waals surface area (Å²) in [6, 6.07) is 3.12. The molecule has 1 aromatic rings. The molecule has 0 spiro atoms. The van der Waals surface area contributed by atoms with Crippen LogP contribution < -0.4 is 11.2 Å². The molecule has 0 aliphatic rings. The third kappa shape index (κ3) is 1.65. The second-order valence-corrected chi connectivity index (χ2v) is 1.96. The number of rotatable bonds is 2. The summed E-state index contributed by atoms with van der Waals surface area (Å²) in [7, 11) is 0. The molecule has 0 aliphatic carbocycles. The van der Waals surface area contributed by atoms with Gasteiger partial charge in [-0.25, -0.2) is 0 Å². The van der Waals surface area contributed by atoms with Gasteiger partial charge in [-0.05, 0) is 12.1 Å². The van der Waals surface area contributed by atoms with E-state index in [-0.39, 0.29) is 5.84 Å². The maximum Gasteiger partial charge on any atom is 0.141 e. The van der Waals surface area contributed by atoms with Crippen molar-refractivity contribution >= 4 is 11.5 Å². The van der Waals surface area contributed by atoms with Crippen molar-refractivity contribution in [3.05, 3.63) is 24.0 Å².